The Bertz CT molecular complexity index is 2930. The average molecular weight is 637 g/mol. The third-order valence-electron chi connectivity index (χ3n) is 10.9. The van der Waals surface area contributed by atoms with Gasteiger partial charge in [0.25, 0.3) is 0 Å². The van der Waals surface area contributed by atoms with E-state index < -0.39 is 0 Å². The maximum absolute atomic E-state index is 2.48. The van der Waals surface area contributed by atoms with Gasteiger partial charge in [-0.25, -0.2) is 0 Å². The van der Waals surface area contributed by atoms with Crippen LogP contribution in [0, 0.1) is 0 Å². The molecule has 0 bridgehead atoms. The molecule has 0 heteroatoms. The SMILES string of the molecule is CC(C)(C)c1c2ccccc2c(-c2cccc3ccccc23)c2ccc(-c3ccc4ccc5c(-c6ccccc6)ccc6ccc3c4c65)cc12. The standard InChI is InChI=1S/C50H36/c1-50(2,3)49-44-18-10-9-17-40(44)48(39-19-11-15-32-14-7-8-16-36(32)39)43-29-24-35(30-45(43)49)38-26-21-34-22-27-41-37(31-12-5-4-6-13-31)25-20-33-23-28-42(38)47(34)46(33)41/h4-30H,1-3H3. The largest absolute Gasteiger partial charge is 0.0622 e. The normalized spacial score (nSPS) is 12.3. The molecule has 0 saturated heterocycles. The second kappa shape index (κ2) is 10.8. The fraction of sp³-hybridized carbons (Fsp3) is 0.0800. The number of fused-ring (bicyclic) bond motifs is 3. The molecule has 0 aliphatic rings. The first kappa shape index (κ1) is 29.0. The quantitative estimate of drug-likeness (QED) is 0.134. The highest BCUT2D eigenvalue weighted by Crippen LogP contribution is 2.48. The first-order valence-corrected chi connectivity index (χ1v) is 17.7. The van der Waals surface area contributed by atoms with Crippen molar-refractivity contribution in [3.8, 4) is 33.4 Å². The third-order valence-corrected chi connectivity index (χ3v) is 10.9. The predicted molar refractivity (Wildman–Crippen MR) is 218 cm³/mol. The van der Waals surface area contributed by atoms with E-state index in [1.54, 1.807) is 0 Å². The molecule has 10 aromatic rings. The Kier molecular flexibility index (Phi) is 6.24. The van der Waals surface area contributed by atoms with Gasteiger partial charge >= 0.3 is 0 Å². The van der Waals surface area contributed by atoms with Crippen molar-refractivity contribution in [3.63, 3.8) is 0 Å². The van der Waals surface area contributed by atoms with Crippen molar-refractivity contribution >= 4 is 64.6 Å². The molecule has 0 heterocycles. The maximum Gasteiger partial charge on any atom is -0.00203 e. The molecule has 0 spiro atoms. The lowest BCUT2D eigenvalue weighted by atomic mass is 9.77. The molecule has 0 saturated carbocycles. The third kappa shape index (κ3) is 4.25. The summed E-state index contributed by atoms with van der Waals surface area (Å²) < 4.78 is 0. The summed E-state index contributed by atoms with van der Waals surface area (Å²) in [7, 11) is 0. The number of rotatable bonds is 3. The van der Waals surface area contributed by atoms with Crippen molar-refractivity contribution in [1.29, 1.82) is 0 Å². The molecule has 236 valence electrons. The highest BCUT2D eigenvalue weighted by atomic mass is 14.3. The van der Waals surface area contributed by atoms with Crippen molar-refractivity contribution in [3.05, 3.63) is 169 Å². The molecular weight excluding hydrogens is 601 g/mol. The van der Waals surface area contributed by atoms with Crippen LogP contribution in [0.3, 0.4) is 0 Å². The molecule has 0 aliphatic carbocycles. The number of hydrogen-bond acceptors (Lipinski definition) is 0. The van der Waals surface area contributed by atoms with E-state index in [-0.39, 0.29) is 5.41 Å². The molecule has 0 nitrogen and oxygen atoms in total. The first-order chi connectivity index (χ1) is 24.5. The molecular formula is C50H36. The Labute approximate surface area is 292 Å². The molecule has 0 N–H and O–H groups in total. The van der Waals surface area contributed by atoms with Gasteiger partial charge in [-0.05, 0) is 115 Å². The van der Waals surface area contributed by atoms with E-state index in [1.165, 1.54) is 104 Å². The zero-order valence-corrected chi connectivity index (χ0v) is 28.6. The van der Waals surface area contributed by atoms with Crippen LogP contribution in [0.2, 0.25) is 0 Å². The molecule has 0 unspecified atom stereocenters. The fourth-order valence-corrected chi connectivity index (χ4v) is 8.81. The highest BCUT2D eigenvalue weighted by molar-refractivity contribution is 6.28. The van der Waals surface area contributed by atoms with Gasteiger partial charge in [0.1, 0.15) is 0 Å². The lowest BCUT2D eigenvalue weighted by Crippen LogP contribution is -2.13. The zero-order chi connectivity index (χ0) is 33.6. The van der Waals surface area contributed by atoms with Crippen molar-refractivity contribution in [2.75, 3.05) is 0 Å². The predicted octanol–water partition coefficient (Wildman–Crippen LogP) is 14.3. The van der Waals surface area contributed by atoms with E-state index in [9.17, 15) is 0 Å². The lowest BCUT2D eigenvalue weighted by Gasteiger charge is -2.27. The van der Waals surface area contributed by atoms with E-state index in [4.69, 9.17) is 0 Å². The summed E-state index contributed by atoms with van der Waals surface area (Å²) in [6, 6.07) is 61.1. The minimum Gasteiger partial charge on any atom is -0.0622 e. The highest BCUT2D eigenvalue weighted by Gasteiger charge is 2.25. The summed E-state index contributed by atoms with van der Waals surface area (Å²) >= 11 is 0. The second-order valence-electron chi connectivity index (χ2n) is 14.8. The van der Waals surface area contributed by atoms with Gasteiger partial charge in [-0.3, -0.25) is 0 Å². The zero-order valence-electron chi connectivity index (χ0n) is 28.6. The van der Waals surface area contributed by atoms with Crippen LogP contribution < -0.4 is 0 Å². The fourth-order valence-electron chi connectivity index (χ4n) is 8.81. The summed E-state index contributed by atoms with van der Waals surface area (Å²) in [5.74, 6) is 0. The lowest BCUT2D eigenvalue weighted by molar-refractivity contribution is 0.601. The van der Waals surface area contributed by atoms with E-state index in [0.717, 1.165) is 0 Å². The van der Waals surface area contributed by atoms with Crippen LogP contribution in [0.1, 0.15) is 26.3 Å². The summed E-state index contributed by atoms with van der Waals surface area (Å²) in [5.41, 5.74) is 9.01. The van der Waals surface area contributed by atoms with Gasteiger partial charge in [-0.15, -0.1) is 0 Å². The van der Waals surface area contributed by atoms with Crippen LogP contribution in [-0.4, -0.2) is 0 Å². The number of hydrogen-bond donors (Lipinski definition) is 0. The van der Waals surface area contributed by atoms with Crippen LogP contribution >= 0.6 is 0 Å². The Morgan fingerprint density at radius 2 is 0.860 bits per heavy atom. The minimum atomic E-state index is -0.0652. The number of benzene rings is 10. The van der Waals surface area contributed by atoms with Crippen LogP contribution in [-0.2, 0) is 5.41 Å². The van der Waals surface area contributed by atoms with Gasteiger partial charge in [0.05, 0.1) is 0 Å². The molecule has 0 atom stereocenters. The summed E-state index contributed by atoms with van der Waals surface area (Å²) in [6.45, 7) is 7.08. The van der Waals surface area contributed by atoms with Crippen LogP contribution in [0.4, 0.5) is 0 Å². The maximum atomic E-state index is 2.48. The average Bonchev–Trinajstić information content (AvgIpc) is 3.15. The molecule has 10 rings (SSSR count). The molecule has 0 amide bonds. The van der Waals surface area contributed by atoms with Crippen molar-refractivity contribution in [1.82, 2.24) is 0 Å². The van der Waals surface area contributed by atoms with E-state index in [0.29, 0.717) is 0 Å². The van der Waals surface area contributed by atoms with Crippen molar-refractivity contribution in [2.24, 2.45) is 0 Å². The van der Waals surface area contributed by atoms with Crippen molar-refractivity contribution in [2.45, 2.75) is 26.2 Å². The van der Waals surface area contributed by atoms with E-state index >= 15 is 0 Å². The van der Waals surface area contributed by atoms with Gasteiger partial charge in [0, 0.05) is 0 Å². The monoisotopic (exact) mass is 636 g/mol. The van der Waals surface area contributed by atoms with Crippen LogP contribution in [0.25, 0.3) is 98.0 Å². The Hall–Kier alpha value is -5.98. The van der Waals surface area contributed by atoms with Gasteiger partial charge in [0.2, 0.25) is 0 Å². The summed E-state index contributed by atoms with van der Waals surface area (Å²) in [4.78, 5) is 0. The molecule has 0 fully saturated rings. The van der Waals surface area contributed by atoms with Gasteiger partial charge in [-0.2, -0.15) is 0 Å². The molecule has 0 aliphatic heterocycles. The summed E-state index contributed by atoms with van der Waals surface area (Å²) in [5, 5.41) is 15.7. The second-order valence-corrected chi connectivity index (χ2v) is 14.8. The Morgan fingerprint density at radius 1 is 0.320 bits per heavy atom. The molecule has 0 radical (unpaired) electrons. The Morgan fingerprint density at radius 3 is 1.56 bits per heavy atom. The smallest absolute Gasteiger partial charge is 0.00203 e. The van der Waals surface area contributed by atoms with Crippen LogP contribution in [0.5, 0.6) is 0 Å². The first-order valence-electron chi connectivity index (χ1n) is 17.7. The molecule has 0 aromatic heterocycles. The topological polar surface area (TPSA) is 0 Å². The van der Waals surface area contributed by atoms with Crippen LogP contribution in [0.15, 0.2) is 164 Å². The van der Waals surface area contributed by atoms with E-state index in [1.807, 2.05) is 0 Å². The Balaban J connectivity index is 1.29. The minimum absolute atomic E-state index is 0.0652. The van der Waals surface area contributed by atoms with Gasteiger partial charge in [-0.1, -0.05) is 178 Å². The molecule has 50 heavy (non-hydrogen) atoms. The van der Waals surface area contributed by atoms with Gasteiger partial charge < -0.3 is 0 Å². The van der Waals surface area contributed by atoms with Gasteiger partial charge in [0.15, 0.2) is 0 Å². The molecule has 10 aromatic carbocycles. The summed E-state index contributed by atoms with van der Waals surface area (Å²) in [6.07, 6.45) is 0. The van der Waals surface area contributed by atoms with E-state index in [2.05, 4.69) is 185 Å². The van der Waals surface area contributed by atoms with Crippen molar-refractivity contribution < 1.29 is 0 Å².